The van der Waals surface area contributed by atoms with Crippen LogP contribution in [-0.2, 0) is 4.79 Å². The summed E-state index contributed by atoms with van der Waals surface area (Å²) in [4.78, 5) is 17.4. The summed E-state index contributed by atoms with van der Waals surface area (Å²) in [6.07, 6.45) is 21.2. The molecule has 4 nitrogen and oxygen atoms in total. The van der Waals surface area contributed by atoms with Crippen LogP contribution in [0.3, 0.4) is 0 Å². The molecule has 0 bridgehead atoms. The summed E-state index contributed by atoms with van der Waals surface area (Å²) in [6.45, 7) is 4.51. The van der Waals surface area contributed by atoms with Gasteiger partial charge in [0.25, 0.3) is 0 Å². The molecule has 2 aliphatic rings. The van der Waals surface area contributed by atoms with Gasteiger partial charge in [-0.05, 0) is 37.7 Å². The standard InChI is InChI=1S/C18H34O2.C11H12N2S/c1-2-3-4-5-6-7-8-9-10-11-12-13-14-15-16-17-18(19)20;1-2-4-9(5-3-1)10-8-13-6-7-14-11(13)12-10/h9-10H,2-8,11-17H2,1H3,(H,19,20);1-5,10H,6-8H2/t;10-/m.1/s1. The highest BCUT2D eigenvalue weighted by molar-refractivity contribution is 8.14. The van der Waals surface area contributed by atoms with E-state index in [4.69, 9.17) is 10.1 Å². The lowest BCUT2D eigenvalue weighted by molar-refractivity contribution is -0.137. The Morgan fingerprint density at radius 1 is 0.971 bits per heavy atom. The van der Waals surface area contributed by atoms with Crippen molar-refractivity contribution in [3.05, 3.63) is 48.0 Å². The van der Waals surface area contributed by atoms with Crippen molar-refractivity contribution < 1.29 is 9.90 Å². The molecule has 190 valence electrons. The molecule has 2 heterocycles. The van der Waals surface area contributed by atoms with Crippen molar-refractivity contribution in [1.82, 2.24) is 4.90 Å². The number of carbonyl (C=O) groups is 1. The molecule has 1 atom stereocenters. The van der Waals surface area contributed by atoms with Crippen molar-refractivity contribution in [1.29, 1.82) is 0 Å². The van der Waals surface area contributed by atoms with Gasteiger partial charge < -0.3 is 10.0 Å². The highest BCUT2D eigenvalue weighted by atomic mass is 32.2. The number of thioether (sulfide) groups is 1. The zero-order valence-corrected chi connectivity index (χ0v) is 22.1. The van der Waals surface area contributed by atoms with E-state index in [2.05, 4.69) is 54.3 Å². The molecule has 0 radical (unpaired) electrons. The van der Waals surface area contributed by atoms with Crippen LogP contribution < -0.4 is 0 Å². The van der Waals surface area contributed by atoms with Crippen LogP contribution in [0, 0.1) is 0 Å². The Labute approximate surface area is 212 Å². The van der Waals surface area contributed by atoms with Gasteiger partial charge in [0.2, 0.25) is 0 Å². The maximum absolute atomic E-state index is 10.3. The van der Waals surface area contributed by atoms with Gasteiger partial charge in [0, 0.05) is 25.3 Å². The third kappa shape index (κ3) is 12.6. The Hall–Kier alpha value is -1.75. The highest BCUT2D eigenvalue weighted by Crippen LogP contribution is 2.31. The molecule has 34 heavy (non-hydrogen) atoms. The Balaban J connectivity index is 0.000000252. The van der Waals surface area contributed by atoms with Crippen LogP contribution in [0.4, 0.5) is 0 Å². The fraction of sp³-hybridized carbons (Fsp3) is 0.655. The van der Waals surface area contributed by atoms with Crippen molar-refractivity contribution >= 4 is 22.9 Å². The molecule has 1 saturated heterocycles. The van der Waals surface area contributed by atoms with E-state index in [1.54, 1.807) is 0 Å². The molecule has 0 aliphatic carbocycles. The number of unbranched alkanes of at least 4 members (excludes halogenated alkanes) is 11. The summed E-state index contributed by atoms with van der Waals surface area (Å²) in [7, 11) is 0. The van der Waals surface area contributed by atoms with E-state index in [1.165, 1.54) is 93.7 Å². The Kier molecular flexibility index (Phi) is 15.6. The number of hydrogen-bond acceptors (Lipinski definition) is 4. The molecule has 0 unspecified atom stereocenters. The number of allylic oxidation sites excluding steroid dienone is 2. The Morgan fingerprint density at radius 2 is 1.59 bits per heavy atom. The first-order valence-electron chi connectivity index (χ1n) is 13.6. The number of benzene rings is 1. The first-order valence-corrected chi connectivity index (χ1v) is 14.6. The normalized spacial score (nSPS) is 16.9. The van der Waals surface area contributed by atoms with Crippen LogP contribution in [0.1, 0.15) is 108 Å². The zero-order valence-electron chi connectivity index (χ0n) is 21.3. The molecule has 5 heteroatoms. The third-order valence-corrected chi connectivity index (χ3v) is 7.37. The monoisotopic (exact) mass is 486 g/mol. The molecule has 2 aliphatic heterocycles. The summed E-state index contributed by atoms with van der Waals surface area (Å²) < 4.78 is 0. The number of amidine groups is 1. The van der Waals surface area contributed by atoms with Gasteiger partial charge in [-0.1, -0.05) is 113 Å². The topological polar surface area (TPSA) is 52.9 Å². The number of nitrogens with zero attached hydrogens (tertiary/aromatic N) is 2. The minimum Gasteiger partial charge on any atom is -0.481 e. The number of hydrogen-bond donors (Lipinski definition) is 1. The smallest absolute Gasteiger partial charge is 0.303 e. The second kappa shape index (κ2) is 18.6. The van der Waals surface area contributed by atoms with Gasteiger partial charge in [0.05, 0.1) is 6.04 Å². The van der Waals surface area contributed by atoms with E-state index in [1.807, 2.05) is 11.8 Å². The molecule has 3 rings (SSSR count). The lowest BCUT2D eigenvalue weighted by Gasteiger charge is -2.12. The van der Waals surface area contributed by atoms with Crippen LogP contribution >= 0.6 is 11.8 Å². The molecule has 0 aromatic heterocycles. The Morgan fingerprint density at radius 3 is 2.21 bits per heavy atom. The second-order valence-corrected chi connectivity index (χ2v) is 10.4. The fourth-order valence-electron chi connectivity index (χ4n) is 4.31. The maximum atomic E-state index is 10.3. The molecular weight excluding hydrogens is 440 g/mol. The van der Waals surface area contributed by atoms with Crippen molar-refractivity contribution in [3.8, 4) is 0 Å². The average Bonchev–Trinajstić information content (AvgIpc) is 3.45. The molecule has 0 saturated carbocycles. The van der Waals surface area contributed by atoms with E-state index in [0.717, 1.165) is 19.4 Å². The first kappa shape index (κ1) is 28.5. The van der Waals surface area contributed by atoms with E-state index >= 15 is 0 Å². The van der Waals surface area contributed by atoms with Gasteiger partial charge in [0.1, 0.15) is 0 Å². The highest BCUT2D eigenvalue weighted by Gasteiger charge is 2.29. The Bertz CT molecular complexity index is 720. The second-order valence-electron chi connectivity index (χ2n) is 9.36. The van der Waals surface area contributed by atoms with E-state index in [0.29, 0.717) is 12.5 Å². The SMILES string of the molecule is CCCCCCCCC=CCCCCCCCC(=O)O.c1ccc([C@H]2CN3CCSC3=N2)cc1. The number of carboxylic acids is 1. The molecule has 1 fully saturated rings. The largest absolute Gasteiger partial charge is 0.481 e. The predicted octanol–water partition coefficient (Wildman–Crippen LogP) is 8.25. The summed E-state index contributed by atoms with van der Waals surface area (Å²) in [6, 6.07) is 10.9. The quantitative estimate of drug-likeness (QED) is 0.189. The van der Waals surface area contributed by atoms with Crippen LogP contribution in [0.25, 0.3) is 0 Å². The van der Waals surface area contributed by atoms with Crippen molar-refractivity contribution in [3.63, 3.8) is 0 Å². The van der Waals surface area contributed by atoms with Gasteiger partial charge in [-0.15, -0.1) is 0 Å². The zero-order chi connectivity index (χ0) is 24.3. The molecule has 0 amide bonds. The van der Waals surface area contributed by atoms with E-state index < -0.39 is 5.97 Å². The van der Waals surface area contributed by atoms with Gasteiger partial charge in [-0.3, -0.25) is 9.79 Å². The van der Waals surface area contributed by atoms with Gasteiger partial charge in [-0.2, -0.15) is 0 Å². The summed E-state index contributed by atoms with van der Waals surface area (Å²) in [5.74, 6) is 0.544. The summed E-state index contributed by atoms with van der Waals surface area (Å²) in [5, 5.41) is 9.76. The molecule has 0 spiro atoms. The average molecular weight is 487 g/mol. The lowest BCUT2D eigenvalue weighted by atomic mass is 10.1. The summed E-state index contributed by atoms with van der Waals surface area (Å²) >= 11 is 1.89. The van der Waals surface area contributed by atoms with Crippen molar-refractivity contribution in [2.75, 3.05) is 18.8 Å². The number of aliphatic carboxylic acids is 1. The number of aliphatic imine (C=N–C) groups is 1. The van der Waals surface area contributed by atoms with Gasteiger partial charge >= 0.3 is 5.97 Å². The van der Waals surface area contributed by atoms with E-state index in [9.17, 15) is 4.79 Å². The molecular formula is C29H46N2O2S. The predicted molar refractivity (Wildman–Crippen MR) is 148 cm³/mol. The van der Waals surface area contributed by atoms with E-state index in [-0.39, 0.29) is 0 Å². The minimum atomic E-state index is -0.664. The molecule has 1 N–H and O–H groups in total. The molecule has 1 aromatic rings. The van der Waals surface area contributed by atoms with Crippen molar-refractivity contribution in [2.24, 2.45) is 4.99 Å². The lowest BCUT2D eigenvalue weighted by Crippen LogP contribution is -2.21. The number of carboxylic acid groups (broad SMARTS) is 1. The van der Waals surface area contributed by atoms with Crippen LogP contribution in [0.2, 0.25) is 0 Å². The molecule has 1 aromatic carbocycles. The van der Waals surface area contributed by atoms with Crippen LogP contribution in [0.5, 0.6) is 0 Å². The maximum Gasteiger partial charge on any atom is 0.303 e. The minimum absolute atomic E-state index is 0.332. The third-order valence-electron chi connectivity index (χ3n) is 6.36. The van der Waals surface area contributed by atoms with Crippen molar-refractivity contribution in [2.45, 2.75) is 103 Å². The number of fused-ring (bicyclic) bond motifs is 1. The van der Waals surface area contributed by atoms with Crippen LogP contribution in [-0.4, -0.2) is 40.0 Å². The van der Waals surface area contributed by atoms with Gasteiger partial charge in [-0.25, -0.2) is 0 Å². The first-order chi connectivity index (χ1) is 16.7. The van der Waals surface area contributed by atoms with Crippen LogP contribution in [0.15, 0.2) is 47.5 Å². The fourth-order valence-corrected chi connectivity index (χ4v) is 5.35. The summed E-state index contributed by atoms with van der Waals surface area (Å²) in [5.41, 5.74) is 1.34. The van der Waals surface area contributed by atoms with Gasteiger partial charge in [0.15, 0.2) is 5.17 Å². The number of rotatable bonds is 16.